The van der Waals surface area contributed by atoms with Crippen molar-refractivity contribution < 1.29 is 13.6 Å². The van der Waals surface area contributed by atoms with E-state index in [2.05, 4.69) is 6.07 Å². The Morgan fingerprint density at radius 1 is 1.37 bits per heavy atom. The van der Waals surface area contributed by atoms with Gasteiger partial charge >= 0.3 is 0 Å². The number of hydrogen-bond donors (Lipinski definition) is 0. The maximum atomic E-state index is 13.4. The van der Waals surface area contributed by atoms with Crippen LogP contribution in [0.3, 0.4) is 0 Å². The molecule has 19 heavy (non-hydrogen) atoms. The molecule has 0 saturated carbocycles. The lowest BCUT2D eigenvalue weighted by atomic mass is 9.98. The fourth-order valence-corrected chi connectivity index (χ4v) is 2.20. The SMILES string of the molecule is N#CC1CCN(C(=O)Cc2ccc(F)cc2F)CC1. The van der Waals surface area contributed by atoms with E-state index in [0.29, 0.717) is 25.9 Å². The first kappa shape index (κ1) is 13.5. The van der Waals surface area contributed by atoms with Crippen molar-refractivity contribution in [3.05, 3.63) is 35.4 Å². The topological polar surface area (TPSA) is 44.1 Å². The summed E-state index contributed by atoms with van der Waals surface area (Å²) in [6, 6.07) is 5.41. The van der Waals surface area contributed by atoms with Crippen LogP contribution in [0.1, 0.15) is 18.4 Å². The fraction of sp³-hybridized carbons (Fsp3) is 0.429. The van der Waals surface area contributed by atoms with Crippen LogP contribution in [-0.2, 0) is 11.2 Å². The van der Waals surface area contributed by atoms with Crippen molar-refractivity contribution in [2.45, 2.75) is 19.3 Å². The second-order valence-electron chi connectivity index (χ2n) is 4.70. The minimum Gasteiger partial charge on any atom is -0.342 e. The molecule has 0 spiro atoms. The fourth-order valence-electron chi connectivity index (χ4n) is 2.20. The molecule has 3 nitrogen and oxygen atoms in total. The molecular weight excluding hydrogens is 250 g/mol. The van der Waals surface area contributed by atoms with Crippen molar-refractivity contribution in [3.8, 4) is 6.07 Å². The lowest BCUT2D eigenvalue weighted by molar-refractivity contribution is -0.131. The van der Waals surface area contributed by atoms with Crippen LogP contribution >= 0.6 is 0 Å². The Labute approximate surface area is 110 Å². The summed E-state index contributed by atoms with van der Waals surface area (Å²) in [7, 11) is 0. The Bertz CT molecular complexity index is 517. The second-order valence-corrected chi connectivity index (χ2v) is 4.70. The van der Waals surface area contributed by atoms with Gasteiger partial charge < -0.3 is 4.90 Å². The highest BCUT2D eigenvalue weighted by molar-refractivity contribution is 5.78. The lowest BCUT2D eigenvalue weighted by Crippen LogP contribution is -2.39. The molecule has 1 aliphatic rings. The quantitative estimate of drug-likeness (QED) is 0.822. The molecule has 1 aromatic rings. The number of carbonyl (C=O) groups excluding carboxylic acids is 1. The summed E-state index contributed by atoms with van der Waals surface area (Å²) in [5.41, 5.74) is 0.203. The highest BCUT2D eigenvalue weighted by atomic mass is 19.1. The molecule has 1 fully saturated rings. The number of amides is 1. The van der Waals surface area contributed by atoms with Crippen molar-refractivity contribution in [2.24, 2.45) is 5.92 Å². The highest BCUT2D eigenvalue weighted by Crippen LogP contribution is 2.18. The number of nitriles is 1. The average molecular weight is 264 g/mol. The van der Waals surface area contributed by atoms with Crippen LogP contribution in [-0.4, -0.2) is 23.9 Å². The molecule has 0 N–H and O–H groups in total. The number of piperidine rings is 1. The summed E-state index contributed by atoms with van der Waals surface area (Å²) in [5, 5.41) is 8.77. The van der Waals surface area contributed by atoms with E-state index in [1.807, 2.05) is 0 Å². The van der Waals surface area contributed by atoms with Crippen molar-refractivity contribution in [1.29, 1.82) is 5.26 Å². The van der Waals surface area contributed by atoms with Crippen LogP contribution in [0.2, 0.25) is 0 Å². The van der Waals surface area contributed by atoms with Gasteiger partial charge in [-0.05, 0) is 24.5 Å². The van der Waals surface area contributed by atoms with Gasteiger partial charge in [-0.3, -0.25) is 4.79 Å². The molecule has 0 aliphatic carbocycles. The van der Waals surface area contributed by atoms with Crippen molar-refractivity contribution >= 4 is 5.91 Å². The summed E-state index contributed by atoms with van der Waals surface area (Å²) in [6.07, 6.45) is 1.26. The summed E-state index contributed by atoms with van der Waals surface area (Å²) in [5.74, 6) is -1.52. The monoisotopic (exact) mass is 264 g/mol. The third kappa shape index (κ3) is 3.28. The summed E-state index contributed by atoms with van der Waals surface area (Å²) in [4.78, 5) is 13.6. The van der Waals surface area contributed by atoms with Crippen LogP contribution < -0.4 is 0 Å². The van der Waals surface area contributed by atoms with Gasteiger partial charge in [0.2, 0.25) is 5.91 Å². The van der Waals surface area contributed by atoms with Gasteiger partial charge in [-0.2, -0.15) is 5.26 Å². The number of benzene rings is 1. The Morgan fingerprint density at radius 3 is 2.63 bits per heavy atom. The van der Waals surface area contributed by atoms with Gasteiger partial charge in [0, 0.05) is 25.1 Å². The first-order chi connectivity index (χ1) is 9.10. The number of halogens is 2. The van der Waals surface area contributed by atoms with E-state index in [-0.39, 0.29) is 23.8 Å². The van der Waals surface area contributed by atoms with Crippen LogP contribution in [0, 0.1) is 28.9 Å². The standard InChI is InChI=1S/C14H14F2N2O/c15-12-2-1-11(13(16)8-12)7-14(19)18-5-3-10(9-17)4-6-18/h1-2,8,10H,3-7H2. The largest absolute Gasteiger partial charge is 0.342 e. The van der Waals surface area contributed by atoms with Crippen LogP contribution in [0.5, 0.6) is 0 Å². The van der Waals surface area contributed by atoms with Gasteiger partial charge in [-0.1, -0.05) is 6.07 Å². The molecule has 1 aromatic carbocycles. The Balaban J connectivity index is 1.96. The maximum absolute atomic E-state index is 13.4. The van der Waals surface area contributed by atoms with Crippen LogP contribution in [0.4, 0.5) is 8.78 Å². The Kier molecular flexibility index (Phi) is 4.10. The van der Waals surface area contributed by atoms with E-state index in [1.54, 1.807) is 4.90 Å². The second kappa shape index (κ2) is 5.79. The number of likely N-dealkylation sites (tertiary alicyclic amines) is 1. The van der Waals surface area contributed by atoms with Crippen LogP contribution in [0.25, 0.3) is 0 Å². The molecule has 0 radical (unpaired) electrons. The zero-order valence-corrected chi connectivity index (χ0v) is 10.4. The van der Waals surface area contributed by atoms with E-state index in [1.165, 1.54) is 6.07 Å². The van der Waals surface area contributed by atoms with Crippen LogP contribution in [0.15, 0.2) is 18.2 Å². The predicted molar refractivity (Wildman–Crippen MR) is 65.0 cm³/mol. The molecule has 0 unspecified atom stereocenters. The Morgan fingerprint density at radius 2 is 2.05 bits per heavy atom. The van der Waals surface area contributed by atoms with Crippen molar-refractivity contribution in [3.63, 3.8) is 0 Å². The zero-order chi connectivity index (χ0) is 13.8. The van der Waals surface area contributed by atoms with Gasteiger partial charge in [0.25, 0.3) is 0 Å². The van der Waals surface area contributed by atoms with E-state index >= 15 is 0 Å². The minimum atomic E-state index is -0.694. The highest BCUT2D eigenvalue weighted by Gasteiger charge is 2.23. The third-order valence-electron chi connectivity index (χ3n) is 3.39. The summed E-state index contributed by atoms with van der Waals surface area (Å²) in [6.45, 7) is 1.06. The number of nitrogens with zero attached hydrogens (tertiary/aromatic N) is 2. The minimum absolute atomic E-state index is 0.00612. The Hall–Kier alpha value is -1.96. The van der Waals surface area contributed by atoms with Crippen molar-refractivity contribution in [1.82, 2.24) is 4.90 Å². The third-order valence-corrected chi connectivity index (χ3v) is 3.39. The number of hydrogen-bond acceptors (Lipinski definition) is 2. The molecule has 2 rings (SSSR count). The smallest absolute Gasteiger partial charge is 0.227 e. The van der Waals surface area contributed by atoms with Gasteiger partial charge in [0.05, 0.1) is 12.5 Å². The van der Waals surface area contributed by atoms with E-state index in [4.69, 9.17) is 5.26 Å². The first-order valence-electron chi connectivity index (χ1n) is 6.21. The molecular formula is C14H14F2N2O. The molecule has 100 valence electrons. The molecule has 0 aromatic heterocycles. The molecule has 0 atom stereocenters. The van der Waals surface area contributed by atoms with Gasteiger partial charge in [-0.25, -0.2) is 8.78 Å². The normalized spacial score (nSPS) is 16.2. The first-order valence-corrected chi connectivity index (χ1v) is 6.21. The van der Waals surface area contributed by atoms with Crippen molar-refractivity contribution in [2.75, 3.05) is 13.1 Å². The maximum Gasteiger partial charge on any atom is 0.227 e. The van der Waals surface area contributed by atoms with E-state index in [9.17, 15) is 13.6 Å². The van der Waals surface area contributed by atoms with Gasteiger partial charge in [0.1, 0.15) is 11.6 Å². The van der Waals surface area contributed by atoms with E-state index < -0.39 is 11.6 Å². The predicted octanol–water partition coefficient (Wildman–Crippen LogP) is 2.27. The molecule has 1 heterocycles. The van der Waals surface area contributed by atoms with Gasteiger partial charge in [0.15, 0.2) is 0 Å². The number of rotatable bonds is 2. The average Bonchev–Trinajstić information content (AvgIpc) is 2.42. The number of carbonyl (C=O) groups is 1. The summed E-state index contributed by atoms with van der Waals surface area (Å²) >= 11 is 0. The zero-order valence-electron chi connectivity index (χ0n) is 10.4. The lowest BCUT2D eigenvalue weighted by Gasteiger charge is -2.29. The van der Waals surface area contributed by atoms with E-state index in [0.717, 1.165) is 12.1 Å². The van der Waals surface area contributed by atoms with Gasteiger partial charge in [-0.15, -0.1) is 0 Å². The molecule has 5 heteroatoms. The molecule has 1 amide bonds. The molecule has 1 saturated heterocycles. The molecule has 1 aliphatic heterocycles. The molecule has 0 bridgehead atoms. The summed E-state index contributed by atoms with van der Waals surface area (Å²) < 4.78 is 26.2.